The molecule has 0 bridgehead atoms. The van der Waals surface area contributed by atoms with E-state index in [0.29, 0.717) is 37.2 Å². The first kappa shape index (κ1) is 34.6. The normalized spacial score (nSPS) is 23.9. The highest BCUT2D eigenvalue weighted by molar-refractivity contribution is 5.97. The summed E-state index contributed by atoms with van der Waals surface area (Å²) in [6.45, 7) is 13.4. The van der Waals surface area contributed by atoms with Crippen LogP contribution in [0.3, 0.4) is 0 Å². The number of rotatable bonds is 12. The number of ether oxygens (including phenoxy) is 3. The molecule has 7 heteroatoms. The summed E-state index contributed by atoms with van der Waals surface area (Å²) in [6.07, 6.45) is 6.90. The molecule has 0 spiro atoms. The Morgan fingerprint density at radius 3 is 2.31 bits per heavy atom. The molecule has 3 N–H and O–H groups in total. The van der Waals surface area contributed by atoms with E-state index in [0.717, 1.165) is 34.2 Å². The Kier molecular flexibility index (Phi) is 11.5. The quantitative estimate of drug-likeness (QED) is 0.178. The van der Waals surface area contributed by atoms with Crippen molar-refractivity contribution >= 4 is 5.78 Å². The molecule has 2 aliphatic rings. The SMILES string of the molecule is CCC(=O)c1ccc([C@H]2Oc3cc(CC=C(C)C)cc(O[C@@H]4OC[C@](O)(CO)[C@H]4O)c3C[C@H]2CC=C(C)C)cc1CC=C(C)C. The van der Waals surface area contributed by atoms with Crippen LogP contribution in [0.15, 0.2) is 65.3 Å². The number of hydrogen-bond acceptors (Lipinski definition) is 7. The predicted molar refractivity (Wildman–Crippen MR) is 177 cm³/mol. The summed E-state index contributed by atoms with van der Waals surface area (Å²) in [5.41, 5.74) is 6.45. The van der Waals surface area contributed by atoms with Crippen LogP contribution in [-0.2, 0) is 24.0 Å². The zero-order chi connectivity index (χ0) is 32.9. The summed E-state index contributed by atoms with van der Waals surface area (Å²) in [5.74, 6) is 1.42. The zero-order valence-corrected chi connectivity index (χ0v) is 27.9. The summed E-state index contributed by atoms with van der Waals surface area (Å²) >= 11 is 0. The number of carbonyl (C=O) groups excluding carboxylic acids is 1. The van der Waals surface area contributed by atoms with E-state index in [1.165, 1.54) is 16.7 Å². The van der Waals surface area contributed by atoms with Crippen molar-refractivity contribution in [2.45, 2.75) is 105 Å². The van der Waals surface area contributed by atoms with Gasteiger partial charge in [0, 0.05) is 23.5 Å². The van der Waals surface area contributed by atoms with Crippen molar-refractivity contribution in [1.29, 1.82) is 0 Å². The van der Waals surface area contributed by atoms with E-state index in [1.807, 2.05) is 39.0 Å². The fourth-order valence-electron chi connectivity index (χ4n) is 5.82. The van der Waals surface area contributed by atoms with Crippen molar-refractivity contribution in [3.8, 4) is 11.5 Å². The molecule has 0 radical (unpaired) electrons. The number of Topliss-reactive ketones (excluding diaryl/α,β-unsaturated/α-hetero) is 1. The number of allylic oxidation sites excluding steroid dienone is 6. The van der Waals surface area contributed by atoms with Gasteiger partial charge in [-0.3, -0.25) is 4.79 Å². The van der Waals surface area contributed by atoms with Gasteiger partial charge in [-0.05, 0) is 96.0 Å². The fourth-order valence-corrected chi connectivity index (χ4v) is 5.82. The number of ketones is 1. The first-order valence-corrected chi connectivity index (χ1v) is 16.0. The first-order chi connectivity index (χ1) is 21.3. The molecule has 2 aromatic rings. The van der Waals surface area contributed by atoms with Crippen LogP contribution in [0.1, 0.15) is 100 Å². The van der Waals surface area contributed by atoms with E-state index in [4.69, 9.17) is 14.2 Å². The molecule has 0 amide bonds. The lowest BCUT2D eigenvalue weighted by Gasteiger charge is -2.36. The van der Waals surface area contributed by atoms with Crippen LogP contribution >= 0.6 is 0 Å². The Morgan fingerprint density at radius 1 is 1.00 bits per heavy atom. The van der Waals surface area contributed by atoms with E-state index in [2.05, 4.69) is 58.1 Å². The van der Waals surface area contributed by atoms with Crippen molar-refractivity contribution < 1.29 is 34.3 Å². The standard InChI is InChI=1S/C38H50O7/c1-8-32(40)30-16-15-28(19-27(30)13-10-24(4)5)35-29(14-11-25(6)7)20-31-33(44-35)17-26(12-9-23(2)3)18-34(31)45-37-36(41)38(42,21-39)22-43-37/h9-11,15-19,29,35-37,39,41-42H,8,12-14,20-22H2,1-7H3/t29-,35-,36+,37+,38-/m1/s1. The smallest absolute Gasteiger partial charge is 0.229 e. The van der Waals surface area contributed by atoms with Gasteiger partial charge < -0.3 is 29.5 Å². The highest BCUT2D eigenvalue weighted by Crippen LogP contribution is 2.46. The molecule has 0 unspecified atom stereocenters. The molecule has 0 aromatic heterocycles. The van der Waals surface area contributed by atoms with E-state index in [9.17, 15) is 20.1 Å². The second-order valence-electron chi connectivity index (χ2n) is 13.3. The molecule has 2 aromatic carbocycles. The third-order valence-electron chi connectivity index (χ3n) is 8.58. The molecule has 244 valence electrons. The summed E-state index contributed by atoms with van der Waals surface area (Å²) in [5, 5.41) is 31.0. The van der Waals surface area contributed by atoms with Crippen LogP contribution < -0.4 is 9.47 Å². The van der Waals surface area contributed by atoms with Gasteiger partial charge in [-0.25, -0.2) is 0 Å². The lowest BCUT2D eigenvalue weighted by Crippen LogP contribution is -2.48. The van der Waals surface area contributed by atoms with Gasteiger partial charge in [0.2, 0.25) is 6.29 Å². The average Bonchev–Trinajstić information content (AvgIpc) is 3.29. The Labute approximate surface area is 268 Å². The largest absolute Gasteiger partial charge is 0.485 e. The Hall–Kier alpha value is -3.23. The van der Waals surface area contributed by atoms with Crippen LogP contribution in [0.5, 0.6) is 11.5 Å². The molecule has 45 heavy (non-hydrogen) atoms. The molecule has 0 aliphatic carbocycles. The second kappa shape index (κ2) is 14.9. The average molecular weight is 619 g/mol. The summed E-state index contributed by atoms with van der Waals surface area (Å²) < 4.78 is 18.8. The van der Waals surface area contributed by atoms with Gasteiger partial charge in [-0.2, -0.15) is 0 Å². The van der Waals surface area contributed by atoms with Gasteiger partial charge >= 0.3 is 0 Å². The van der Waals surface area contributed by atoms with Gasteiger partial charge in [-0.15, -0.1) is 0 Å². The third kappa shape index (κ3) is 8.33. The minimum absolute atomic E-state index is 0.0613. The van der Waals surface area contributed by atoms with E-state index >= 15 is 0 Å². The van der Waals surface area contributed by atoms with Crippen LogP contribution in [0.4, 0.5) is 0 Å². The molecule has 1 saturated heterocycles. The van der Waals surface area contributed by atoms with E-state index in [-0.39, 0.29) is 24.4 Å². The molecule has 1 fully saturated rings. The highest BCUT2D eigenvalue weighted by atomic mass is 16.7. The van der Waals surface area contributed by atoms with Gasteiger partial charge in [0.15, 0.2) is 5.78 Å². The maximum atomic E-state index is 12.8. The Bertz CT molecular complexity index is 1460. The summed E-state index contributed by atoms with van der Waals surface area (Å²) in [7, 11) is 0. The molecule has 5 atom stereocenters. The minimum atomic E-state index is -1.79. The van der Waals surface area contributed by atoms with Gasteiger partial charge in [0.05, 0.1) is 13.2 Å². The molecular weight excluding hydrogens is 568 g/mol. The molecular formula is C38H50O7. The van der Waals surface area contributed by atoms with Crippen LogP contribution in [0, 0.1) is 5.92 Å². The van der Waals surface area contributed by atoms with Crippen LogP contribution in [0.2, 0.25) is 0 Å². The number of fused-ring (bicyclic) bond motifs is 1. The predicted octanol–water partition coefficient (Wildman–Crippen LogP) is 6.76. The van der Waals surface area contributed by atoms with Crippen LogP contribution in [-0.4, -0.2) is 52.3 Å². The number of carbonyl (C=O) groups is 1. The molecule has 2 heterocycles. The fraction of sp³-hybridized carbons (Fsp3) is 0.500. The monoisotopic (exact) mass is 618 g/mol. The highest BCUT2D eigenvalue weighted by Gasteiger charge is 2.49. The molecule has 4 rings (SSSR count). The van der Waals surface area contributed by atoms with Gasteiger partial charge in [0.1, 0.15) is 29.3 Å². The summed E-state index contributed by atoms with van der Waals surface area (Å²) in [6, 6.07) is 10.1. The summed E-state index contributed by atoms with van der Waals surface area (Å²) in [4.78, 5) is 12.8. The minimum Gasteiger partial charge on any atom is -0.485 e. The molecule has 0 saturated carbocycles. The van der Waals surface area contributed by atoms with Crippen molar-refractivity contribution in [3.63, 3.8) is 0 Å². The van der Waals surface area contributed by atoms with E-state index in [1.54, 1.807) is 0 Å². The second-order valence-corrected chi connectivity index (χ2v) is 13.3. The van der Waals surface area contributed by atoms with Crippen molar-refractivity contribution in [3.05, 3.63) is 93.1 Å². The van der Waals surface area contributed by atoms with E-state index < -0.39 is 24.6 Å². The van der Waals surface area contributed by atoms with Crippen molar-refractivity contribution in [2.75, 3.05) is 13.2 Å². The first-order valence-electron chi connectivity index (χ1n) is 16.0. The lowest BCUT2D eigenvalue weighted by atomic mass is 9.82. The number of aliphatic hydroxyl groups excluding tert-OH is 2. The molecule has 7 nitrogen and oxygen atoms in total. The van der Waals surface area contributed by atoms with Crippen molar-refractivity contribution in [1.82, 2.24) is 0 Å². The number of aliphatic hydroxyl groups is 3. The Balaban J connectivity index is 1.79. The van der Waals surface area contributed by atoms with Gasteiger partial charge in [-0.1, -0.05) is 60.1 Å². The maximum Gasteiger partial charge on any atom is 0.229 e. The lowest BCUT2D eigenvalue weighted by molar-refractivity contribution is -0.116. The number of benzene rings is 2. The molecule has 2 aliphatic heterocycles. The van der Waals surface area contributed by atoms with Crippen molar-refractivity contribution in [2.24, 2.45) is 5.92 Å². The van der Waals surface area contributed by atoms with Crippen LogP contribution in [0.25, 0.3) is 0 Å². The number of hydrogen-bond donors (Lipinski definition) is 3. The Morgan fingerprint density at radius 2 is 1.69 bits per heavy atom. The van der Waals surface area contributed by atoms with Gasteiger partial charge in [0.25, 0.3) is 0 Å². The third-order valence-corrected chi connectivity index (χ3v) is 8.58. The topological polar surface area (TPSA) is 105 Å². The zero-order valence-electron chi connectivity index (χ0n) is 27.9. The maximum absolute atomic E-state index is 12.8.